The maximum Gasteiger partial charge on any atom is 0.241 e. The summed E-state index contributed by atoms with van der Waals surface area (Å²) in [6, 6.07) is 0. The molecule has 0 aliphatic heterocycles. The Labute approximate surface area is 125 Å². The maximum absolute atomic E-state index is 8.98. The van der Waals surface area contributed by atoms with E-state index in [2.05, 4.69) is 43.2 Å². The topological polar surface area (TPSA) is 41.5 Å². The maximum atomic E-state index is 8.98. The number of hydrogen-bond acceptors (Lipinski definition) is 3. The number of hydrogen-bond donors (Lipinski definition) is 3. The Kier molecular flexibility index (Phi) is 15.3. The molecule has 0 fully saturated rings. The standard InChI is InChI=1S/C5H11Cl2O2PS2.C4H11N/c1-4(6)2-5(7)3-9-10(8,11)12;1-3-5-4-2/h4-5H,2-3H2,1H3,(H2,8,11,12);5H,3-4H2,1-2H3. The summed E-state index contributed by atoms with van der Waals surface area (Å²) in [6.45, 7) is 8.42. The molecule has 0 heterocycles. The molecule has 3 nitrogen and oxygen atoms in total. The van der Waals surface area contributed by atoms with Crippen molar-refractivity contribution in [3.05, 3.63) is 0 Å². The molecular formula is C9H22Cl2NO2PS2. The first kappa shape index (κ1) is 20.8. The summed E-state index contributed by atoms with van der Waals surface area (Å²) < 4.78 is 4.85. The number of rotatable bonds is 7. The van der Waals surface area contributed by atoms with Gasteiger partial charge < -0.3 is 14.7 Å². The van der Waals surface area contributed by atoms with E-state index in [1.807, 2.05) is 6.92 Å². The van der Waals surface area contributed by atoms with Gasteiger partial charge >= 0.3 is 0 Å². The zero-order valence-corrected chi connectivity index (χ0v) is 14.5. The lowest BCUT2D eigenvalue weighted by Gasteiger charge is -2.13. The van der Waals surface area contributed by atoms with E-state index in [4.69, 9.17) is 32.6 Å². The zero-order chi connectivity index (χ0) is 13.9. The minimum atomic E-state index is -2.86. The Bertz CT molecular complexity index is 215. The molecule has 0 rings (SSSR count). The Hall–Kier alpha value is 1.46. The fourth-order valence-electron chi connectivity index (χ4n) is 0.848. The van der Waals surface area contributed by atoms with Gasteiger partial charge in [0.2, 0.25) is 5.69 Å². The lowest BCUT2D eigenvalue weighted by molar-refractivity contribution is 0.313. The number of nitrogens with one attached hydrogen (secondary N) is 1. The van der Waals surface area contributed by atoms with Crippen molar-refractivity contribution in [1.82, 2.24) is 5.32 Å². The molecule has 0 saturated carbocycles. The van der Waals surface area contributed by atoms with Crippen LogP contribution in [-0.4, -0.2) is 35.3 Å². The van der Waals surface area contributed by atoms with Gasteiger partial charge in [-0.2, -0.15) is 0 Å². The molecule has 2 N–H and O–H groups in total. The number of alkyl halides is 2. The second-order valence-corrected chi connectivity index (χ2v) is 9.88. The lowest BCUT2D eigenvalue weighted by Crippen LogP contribution is -2.11. The van der Waals surface area contributed by atoms with Crippen LogP contribution in [0, 0.1) is 0 Å². The Morgan fingerprint density at radius 1 is 1.41 bits per heavy atom. The van der Waals surface area contributed by atoms with E-state index in [0.29, 0.717) is 6.42 Å². The van der Waals surface area contributed by atoms with Crippen molar-refractivity contribution in [3.8, 4) is 0 Å². The van der Waals surface area contributed by atoms with Crippen LogP contribution in [0.5, 0.6) is 0 Å². The van der Waals surface area contributed by atoms with Crippen LogP contribution in [0.1, 0.15) is 27.2 Å². The molecule has 0 aliphatic rings. The minimum absolute atomic E-state index is 0.00688. The highest BCUT2D eigenvalue weighted by molar-refractivity contribution is 8.59. The molecule has 0 radical (unpaired) electrons. The molecule has 106 valence electrons. The molecule has 0 aromatic rings. The predicted octanol–water partition coefficient (Wildman–Crippen LogP) is 3.39. The third-order valence-corrected chi connectivity index (χ3v) is 3.13. The number of halogens is 2. The molecule has 17 heavy (non-hydrogen) atoms. The van der Waals surface area contributed by atoms with Crippen LogP contribution in [0.3, 0.4) is 0 Å². The Balaban J connectivity index is 0. The molecule has 0 amide bonds. The summed E-state index contributed by atoms with van der Waals surface area (Å²) in [7, 11) is 0. The van der Waals surface area contributed by atoms with Crippen LogP contribution in [0.15, 0.2) is 0 Å². The smallest absolute Gasteiger partial charge is 0.241 e. The van der Waals surface area contributed by atoms with Gasteiger partial charge in [0.05, 0.1) is 12.0 Å². The molecule has 0 aliphatic carbocycles. The summed E-state index contributed by atoms with van der Waals surface area (Å²) in [6.07, 6.45) is 0.617. The zero-order valence-electron chi connectivity index (χ0n) is 10.4. The van der Waals surface area contributed by atoms with Gasteiger partial charge in [-0.25, -0.2) is 0 Å². The summed E-state index contributed by atoms with van der Waals surface area (Å²) in [4.78, 5) is 8.98. The van der Waals surface area contributed by atoms with Crippen LogP contribution in [0.2, 0.25) is 0 Å². The predicted molar refractivity (Wildman–Crippen MR) is 85.2 cm³/mol. The summed E-state index contributed by atoms with van der Waals surface area (Å²) in [5.41, 5.74) is -2.86. The quantitative estimate of drug-likeness (QED) is 0.377. The molecule has 3 unspecified atom stereocenters. The average Bonchev–Trinajstić information content (AvgIpc) is 2.15. The van der Waals surface area contributed by atoms with Crippen molar-refractivity contribution >= 4 is 53.0 Å². The fourth-order valence-corrected chi connectivity index (χ4v) is 2.33. The van der Waals surface area contributed by atoms with Crippen molar-refractivity contribution < 1.29 is 9.42 Å². The monoisotopic (exact) mass is 341 g/mol. The molecule has 0 aromatic carbocycles. The first-order valence-corrected chi connectivity index (χ1v) is 10.1. The number of thiol groups is 1. The van der Waals surface area contributed by atoms with E-state index in [1.165, 1.54) is 0 Å². The highest BCUT2D eigenvalue weighted by Gasteiger charge is 2.13. The first-order valence-electron chi connectivity index (χ1n) is 5.41. The van der Waals surface area contributed by atoms with Gasteiger partial charge in [-0.05, 0) is 38.2 Å². The summed E-state index contributed by atoms with van der Waals surface area (Å²) >= 11 is 19.7. The molecule has 0 aromatic heterocycles. The molecule has 3 atom stereocenters. The third-order valence-electron chi connectivity index (χ3n) is 1.50. The van der Waals surface area contributed by atoms with E-state index < -0.39 is 5.69 Å². The Morgan fingerprint density at radius 3 is 2.12 bits per heavy atom. The van der Waals surface area contributed by atoms with Crippen molar-refractivity contribution in [2.45, 2.75) is 37.9 Å². The van der Waals surface area contributed by atoms with E-state index in [0.717, 1.165) is 13.1 Å². The van der Waals surface area contributed by atoms with E-state index in [9.17, 15) is 0 Å². The van der Waals surface area contributed by atoms with Gasteiger partial charge in [0, 0.05) is 5.38 Å². The molecule has 0 spiro atoms. The van der Waals surface area contributed by atoms with E-state index in [-0.39, 0.29) is 17.4 Å². The molecule has 8 heteroatoms. The summed E-state index contributed by atoms with van der Waals surface area (Å²) in [5.74, 6) is 0. The van der Waals surface area contributed by atoms with Crippen molar-refractivity contribution in [2.24, 2.45) is 0 Å². The van der Waals surface area contributed by atoms with Gasteiger partial charge in [-0.1, -0.05) is 26.1 Å². The van der Waals surface area contributed by atoms with E-state index in [1.54, 1.807) is 0 Å². The van der Waals surface area contributed by atoms with Crippen LogP contribution in [0.4, 0.5) is 0 Å². The highest BCUT2D eigenvalue weighted by Crippen LogP contribution is 2.47. The largest absolute Gasteiger partial charge is 0.338 e. The summed E-state index contributed by atoms with van der Waals surface area (Å²) in [5, 5.41) is 2.88. The minimum Gasteiger partial charge on any atom is -0.338 e. The van der Waals surface area contributed by atoms with Crippen molar-refractivity contribution in [3.63, 3.8) is 0 Å². The normalized spacial score (nSPS) is 17.6. The first-order chi connectivity index (χ1) is 7.72. The van der Waals surface area contributed by atoms with Crippen LogP contribution in [0.25, 0.3) is 0 Å². The van der Waals surface area contributed by atoms with Crippen molar-refractivity contribution in [2.75, 3.05) is 19.7 Å². The average molecular weight is 342 g/mol. The molecular weight excluding hydrogens is 320 g/mol. The van der Waals surface area contributed by atoms with Crippen LogP contribution >= 0.6 is 41.1 Å². The highest BCUT2D eigenvalue weighted by atomic mass is 35.5. The molecule has 0 bridgehead atoms. The second-order valence-electron chi connectivity index (χ2n) is 3.36. The Morgan fingerprint density at radius 2 is 1.88 bits per heavy atom. The molecule has 0 saturated heterocycles. The SMILES string of the molecule is CC(Cl)CC(Cl)COP(O)(=S)S.CCNCC. The van der Waals surface area contributed by atoms with Gasteiger partial charge in [-0.15, -0.1) is 23.2 Å². The van der Waals surface area contributed by atoms with Gasteiger partial charge in [0.1, 0.15) is 0 Å². The second kappa shape index (κ2) is 12.5. The van der Waals surface area contributed by atoms with Crippen LogP contribution < -0.4 is 5.32 Å². The van der Waals surface area contributed by atoms with E-state index >= 15 is 0 Å². The lowest BCUT2D eigenvalue weighted by atomic mass is 10.2. The van der Waals surface area contributed by atoms with Crippen LogP contribution in [-0.2, 0) is 16.3 Å². The van der Waals surface area contributed by atoms with Gasteiger partial charge in [0.25, 0.3) is 0 Å². The third kappa shape index (κ3) is 23.0. The van der Waals surface area contributed by atoms with Crippen molar-refractivity contribution in [1.29, 1.82) is 0 Å². The van der Waals surface area contributed by atoms with Gasteiger partial charge in [0.15, 0.2) is 0 Å². The van der Waals surface area contributed by atoms with Gasteiger partial charge in [-0.3, -0.25) is 0 Å². The fraction of sp³-hybridized carbons (Fsp3) is 1.00.